The van der Waals surface area contributed by atoms with Crippen molar-refractivity contribution in [1.29, 1.82) is 0 Å². The van der Waals surface area contributed by atoms with E-state index in [1.54, 1.807) is 4.90 Å². The van der Waals surface area contributed by atoms with Crippen LogP contribution in [-0.4, -0.2) is 35.7 Å². The summed E-state index contributed by atoms with van der Waals surface area (Å²) in [6.45, 7) is 13.3. The zero-order chi connectivity index (χ0) is 13.4. The van der Waals surface area contributed by atoms with Crippen LogP contribution in [0, 0.1) is 11.3 Å². The standard InChI is InChI=1S/C13H26N2O2/c1-9-7-15(8-13(5,6)10(9)14)11(16)17-12(2,3)4/h9-10H,7-8,14H2,1-6H3. The molecule has 2 atom stereocenters. The molecule has 4 nitrogen and oxygen atoms in total. The maximum Gasteiger partial charge on any atom is 0.410 e. The molecule has 0 bridgehead atoms. The van der Waals surface area contributed by atoms with Crippen molar-refractivity contribution in [2.24, 2.45) is 17.1 Å². The predicted octanol–water partition coefficient (Wildman–Crippen LogP) is 2.23. The van der Waals surface area contributed by atoms with Gasteiger partial charge in [0.1, 0.15) is 5.60 Å². The molecule has 2 unspecified atom stereocenters. The van der Waals surface area contributed by atoms with Crippen LogP contribution in [0.15, 0.2) is 0 Å². The van der Waals surface area contributed by atoms with Gasteiger partial charge in [0.15, 0.2) is 0 Å². The van der Waals surface area contributed by atoms with Crippen molar-refractivity contribution in [2.45, 2.75) is 53.2 Å². The van der Waals surface area contributed by atoms with Gasteiger partial charge in [-0.25, -0.2) is 4.79 Å². The van der Waals surface area contributed by atoms with Crippen molar-refractivity contribution in [1.82, 2.24) is 4.90 Å². The second-order valence-electron chi connectivity index (χ2n) is 6.85. The summed E-state index contributed by atoms with van der Waals surface area (Å²) in [5.74, 6) is 0.297. The largest absolute Gasteiger partial charge is 0.444 e. The Morgan fingerprint density at radius 1 is 1.41 bits per heavy atom. The van der Waals surface area contributed by atoms with Gasteiger partial charge in [-0.3, -0.25) is 0 Å². The molecule has 0 aromatic rings. The topological polar surface area (TPSA) is 55.6 Å². The molecule has 0 spiro atoms. The Morgan fingerprint density at radius 3 is 2.35 bits per heavy atom. The van der Waals surface area contributed by atoms with Gasteiger partial charge < -0.3 is 15.4 Å². The Kier molecular flexibility index (Phi) is 3.77. The zero-order valence-corrected chi connectivity index (χ0v) is 11.9. The van der Waals surface area contributed by atoms with E-state index in [0.29, 0.717) is 19.0 Å². The molecular weight excluding hydrogens is 216 g/mol. The van der Waals surface area contributed by atoms with Crippen molar-refractivity contribution in [3.8, 4) is 0 Å². The van der Waals surface area contributed by atoms with E-state index < -0.39 is 5.60 Å². The summed E-state index contributed by atoms with van der Waals surface area (Å²) in [5, 5.41) is 0. The van der Waals surface area contributed by atoms with Gasteiger partial charge in [0.2, 0.25) is 0 Å². The van der Waals surface area contributed by atoms with Crippen molar-refractivity contribution in [3.63, 3.8) is 0 Å². The lowest BCUT2D eigenvalue weighted by molar-refractivity contribution is -0.00511. The molecule has 2 N–H and O–H groups in total. The minimum Gasteiger partial charge on any atom is -0.444 e. The highest BCUT2D eigenvalue weighted by Gasteiger charge is 2.40. The van der Waals surface area contributed by atoms with Crippen LogP contribution >= 0.6 is 0 Å². The van der Waals surface area contributed by atoms with Gasteiger partial charge in [-0.1, -0.05) is 20.8 Å². The minimum atomic E-state index is -0.440. The molecule has 1 heterocycles. The van der Waals surface area contributed by atoms with Crippen LogP contribution in [0.1, 0.15) is 41.5 Å². The highest BCUT2D eigenvalue weighted by atomic mass is 16.6. The quantitative estimate of drug-likeness (QED) is 0.708. The number of piperidine rings is 1. The minimum absolute atomic E-state index is 0.0609. The zero-order valence-electron chi connectivity index (χ0n) is 11.9. The smallest absolute Gasteiger partial charge is 0.410 e. The molecule has 1 amide bonds. The monoisotopic (exact) mass is 242 g/mol. The van der Waals surface area contributed by atoms with Crippen LogP contribution in [0.25, 0.3) is 0 Å². The third-order valence-corrected chi connectivity index (χ3v) is 3.27. The Hall–Kier alpha value is -0.770. The molecule has 1 saturated heterocycles. The molecule has 4 heteroatoms. The number of ether oxygens (including phenoxy) is 1. The summed E-state index contributed by atoms with van der Waals surface area (Å²) in [6, 6.07) is 0.126. The normalized spacial score (nSPS) is 29.0. The molecule has 0 aromatic heterocycles. The number of carbonyl (C=O) groups excluding carboxylic acids is 1. The highest BCUT2D eigenvalue weighted by molar-refractivity contribution is 5.68. The maximum absolute atomic E-state index is 12.0. The predicted molar refractivity (Wildman–Crippen MR) is 68.7 cm³/mol. The summed E-state index contributed by atoms with van der Waals surface area (Å²) >= 11 is 0. The Labute approximate surface area is 104 Å². The van der Waals surface area contributed by atoms with E-state index in [0.717, 1.165) is 0 Å². The van der Waals surface area contributed by atoms with E-state index in [2.05, 4.69) is 20.8 Å². The van der Waals surface area contributed by atoms with E-state index in [-0.39, 0.29) is 17.6 Å². The Morgan fingerprint density at radius 2 is 1.94 bits per heavy atom. The summed E-state index contributed by atoms with van der Waals surface area (Å²) in [5.41, 5.74) is 5.67. The first-order valence-electron chi connectivity index (χ1n) is 6.26. The number of likely N-dealkylation sites (tertiary alicyclic amines) is 1. The lowest BCUT2D eigenvalue weighted by Gasteiger charge is -2.46. The summed E-state index contributed by atoms with van der Waals surface area (Å²) < 4.78 is 5.40. The molecule has 0 aromatic carbocycles. The van der Waals surface area contributed by atoms with Gasteiger partial charge >= 0.3 is 6.09 Å². The number of nitrogens with two attached hydrogens (primary N) is 1. The van der Waals surface area contributed by atoms with Crippen molar-refractivity contribution < 1.29 is 9.53 Å². The van der Waals surface area contributed by atoms with Crippen LogP contribution in [-0.2, 0) is 4.74 Å². The van der Waals surface area contributed by atoms with Gasteiger partial charge in [-0.05, 0) is 32.1 Å². The molecule has 1 fully saturated rings. The van der Waals surface area contributed by atoms with Gasteiger partial charge in [0, 0.05) is 19.1 Å². The van der Waals surface area contributed by atoms with Crippen molar-refractivity contribution in [3.05, 3.63) is 0 Å². The molecule has 1 aliphatic heterocycles. The van der Waals surface area contributed by atoms with Crippen LogP contribution in [0.2, 0.25) is 0 Å². The van der Waals surface area contributed by atoms with Crippen LogP contribution in [0.4, 0.5) is 4.79 Å². The van der Waals surface area contributed by atoms with E-state index in [1.807, 2.05) is 20.8 Å². The fraction of sp³-hybridized carbons (Fsp3) is 0.923. The molecule has 0 saturated carbocycles. The summed E-state index contributed by atoms with van der Waals surface area (Å²) in [7, 11) is 0. The second kappa shape index (κ2) is 4.48. The second-order valence-corrected chi connectivity index (χ2v) is 6.85. The van der Waals surface area contributed by atoms with Gasteiger partial charge in [-0.2, -0.15) is 0 Å². The fourth-order valence-corrected chi connectivity index (χ4v) is 2.36. The molecule has 0 radical (unpaired) electrons. The average molecular weight is 242 g/mol. The lowest BCUT2D eigenvalue weighted by atomic mass is 9.75. The lowest BCUT2D eigenvalue weighted by Crippen LogP contribution is -2.58. The SMILES string of the molecule is CC1CN(C(=O)OC(C)(C)C)CC(C)(C)C1N. The van der Waals surface area contributed by atoms with E-state index in [9.17, 15) is 4.79 Å². The first-order valence-corrected chi connectivity index (χ1v) is 6.26. The Balaban J connectivity index is 2.71. The van der Waals surface area contributed by atoms with Gasteiger partial charge in [0.25, 0.3) is 0 Å². The first-order chi connectivity index (χ1) is 7.53. The maximum atomic E-state index is 12.0. The number of hydrogen-bond acceptors (Lipinski definition) is 3. The molecule has 1 aliphatic rings. The van der Waals surface area contributed by atoms with Crippen LogP contribution < -0.4 is 5.73 Å². The van der Waals surface area contributed by atoms with Crippen molar-refractivity contribution >= 4 is 6.09 Å². The number of rotatable bonds is 0. The molecular formula is C13H26N2O2. The first kappa shape index (κ1) is 14.3. The van der Waals surface area contributed by atoms with E-state index in [1.165, 1.54) is 0 Å². The third kappa shape index (κ3) is 3.60. The Bertz CT molecular complexity index is 294. The fourth-order valence-electron chi connectivity index (χ4n) is 2.36. The van der Waals surface area contributed by atoms with E-state index in [4.69, 9.17) is 10.5 Å². The average Bonchev–Trinajstić information content (AvgIpc) is 2.10. The molecule has 100 valence electrons. The van der Waals surface area contributed by atoms with Gasteiger partial charge in [-0.15, -0.1) is 0 Å². The number of carbonyl (C=O) groups is 1. The number of hydrogen-bond donors (Lipinski definition) is 1. The van der Waals surface area contributed by atoms with E-state index >= 15 is 0 Å². The number of nitrogens with zero attached hydrogens (tertiary/aromatic N) is 1. The molecule has 1 rings (SSSR count). The number of amides is 1. The summed E-state index contributed by atoms with van der Waals surface area (Å²) in [6.07, 6.45) is -0.232. The highest BCUT2D eigenvalue weighted by Crippen LogP contribution is 2.31. The van der Waals surface area contributed by atoms with Crippen LogP contribution in [0.5, 0.6) is 0 Å². The molecule has 17 heavy (non-hydrogen) atoms. The van der Waals surface area contributed by atoms with Crippen LogP contribution in [0.3, 0.4) is 0 Å². The van der Waals surface area contributed by atoms with Crippen molar-refractivity contribution in [2.75, 3.05) is 13.1 Å². The molecule has 0 aliphatic carbocycles. The third-order valence-electron chi connectivity index (χ3n) is 3.27. The summed E-state index contributed by atoms with van der Waals surface area (Å²) in [4.78, 5) is 13.8. The van der Waals surface area contributed by atoms with Gasteiger partial charge in [0.05, 0.1) is 0 Å².